The monoisotopic (exact) mass is 189 g/mol. The highest BCUT2D eigenvalue weighted by Crippen LogP contribution is 2.12. The number of hydrogen-bond acceptors (Lipinski definition) is 1. The normalized spacial score (nSPS) is 12.4. The fourth-order valence-corrected chi connectivity index (χ4v) is 1.56. The molecule has 2 N–H and O–H groups in total. The van der Waals surface area contributed by atoms with Crippen molar-refractivity contribution in [1.29, 1.82) is 0 Å². The van der Waals surface area contributed by atoms with Crippen LogP contribution >= 0.6 is 0 Å². The van der Waals surface area contributed by atoms with Gasteiger partial charge in [-0.2, -0.15) is 0 Å². The van der Waals surface area contributed by atoms with Crippen molar-refractivity contribution in [1.82, 2.24) is 0 Å². The van der Waals surface area contributed by atoms with Crippen molar-refractivity contribution in [2.75, 3.05) is 6.54 Å². The number of nitrogens with two attached hydrogens (primary N) is 1. The minimum Gasteiger partial charge on any atom is -0.330 e. The van der Waals surface area contributed by atoms with Gasteiger partial charge in [-0.3, -0.25) is 0 Å². The fraction of sp³-hybridized carbons (Fsp3) is 0.385. The van der Waals surface area contributed by atoms with Crippen molar-refractivity contribution in [3.8, 4) is 0 Å². The molecule has 1 heteroatoms. The maximum atomic E-state index is 5.69. The molecule has 0 bridgehead atoms. The van der Waals surface area contributed by atoms with E-state index in [0.717, 1.165) is 19.4 Å². The van der Waals surface area contributed by atoms with Gasteiger partial charge < -0.3 is 5.73 Å². The summed E-state index contributed by atoms with van der Waals surface area (Å²) in [4.78, 5) is 0. The van der Waals surface area contributed by atoms with Gasteiger partial charge in [0.15, 0.2) is 0 Å². The van der Waals surface area contributed by atoms with Crippen LogP contribution in [0.15, 0.2) is 36.9 Å². The molecule has 0 aliphatic rings. The van der Waals surface area contributed by atoms with Gasteiger partial charge >= 0.3 is 0 Å². The van der Waals surface area contributed by atoms with Crippen LogP contribution in [0.2, 0.25) is 0 Å². The number of rotatable bonds is 5. The van der Waals surface area contributed by atoms with Crippen LogP contribution in [-0.4, -0.2) is 6.54 Å². The van der Waals surface area contributed by atoms with E-state index in [1.165, 1.54) is 11.1 Å². The van der Waals surface area contributed by atoms with Gasteiger partial charge in [-0.15, -0.1) is 6.58 Å². The predicted molar refractivity (Wildman–Crippen MR) is 62.2 cm³/mol. The standard InChI is InChI=1S/C13H19N/c1-3-4-13(10-14)9-12-7-5-11(2)6-8-12/h3,5-8,13H,1,4,9-10,14H2,2H3/t13-/m0/s1. The van der Waals surface area contributed by atoms with E-state index in [9.17, 15) is 0 Å². The van der Waals surface area contributed by atoms with Gasteiger partial charge in [0.05, 0.1) is 0 Å². The smallest absolute Gasteiger partial charge is 0.00427 e. The van der Waals surface area contributed by atoms with Crippen molar-refractivity contribution in [3.05, 3.63) is 48.0 Å². The molecule has 0 radical (unpaired) electrons. The highest BCUT2D eigenvalue weighted by atomic mass is 14.5. The predicted octanol–water partition coefficient (Wildman–Crippen LogP) is 2.69. The van der Waals surface area contributed by atoms with Crippen LogP contribution in [0.3, 0.4) is 0 Å². The Labute approximate surface area is 86.6 Å². The van der Waals surface area contributed by atoms with Crippen molar-refractivity contribution in [2.45, 2.75) is 19.8 Å². The zero-order valence-corrected chi connectivity index (χ0v) is 8.87. The molecule has 1 aromatic rings. The van der Waals surface area contributed by atoms with Crippen molar-refractivity contribution in [2.24, 2.45) is 11.7 Å². The summed E-state index contributed by atoms with van der Waals surface area (Å²) in [7, 11) is 0. The molecule has 14 heavy (non-hydrogen) atoms. The van der Waals surface area contributed by atoms with Crippen LogP contribution in [0.5, 0.6) is 0 Å². The molecule has 0 amide bonds. The topological polar surface area (TPSA) is 26.0 Å². The fourth-order valence-electron chi connectivity index (χ4n) is 1.56. The molecule has 0 spiro atoms. The first kappa shape index (κ1) is 11.0. The van der Waals surface area contributed by atoms with E-state index in [4.69, 9.17) is 5.73 Å². The number of benzene rings is 1. The lowest BCUT2D eigenvalue weighted by Crippen LogP contribution is -2.16. The Bertz CT molecular complexity index is 274. The van der Waals surface area contributed by atoms with Crippen molar-refractivity contribution in [3.63, 3.8) is 0 Å². The van der Waals surface area contributed by atoms with E-state index in [2.05, 4.69) is 37.8 Å². The Morgan fingerprint density at radius 2 is 2.00 bits per heavy atom. The zero-order valence-electron chi connectivity index (χ0n) is 8.87. The third-order valence-corrected chi connectivity index (χ3v) is 2.48. The van der Waals surface area contributed by atoms with E-state index in [1.54, 1.807) is 0 Å². The molecule has 1 nitrogen and oxygen atoms in total. The largest absolute Gasteiger partial charge is 0.330 e. The molecule has 0 unspecified atom stereocenters. The van der Waals surface area contributed by atoms with Gasteiger partial charge in [-0.25, -0.2) is 0 Å². The Morgan fingerprint density at radius 1 is 1.36 bits per heavy atom. The van der Waals surface area contributed by atoms with Crippen LogP contribution in [0, 0.1) is 12.8 Å². The maximum absolute atomic E-state index is 5.69. The summed E-state index contributed by atoms with van der Waals surface area (Å²) in [5, 5.41) is 0. The Hall–Kier alpha value is -1.08. The van der Waals surface area contributed by atoms with Crippen molar-refractivity contribution >= 4 is 0 Å². The number of allylic oxidation sites excluding steroid dienone is 1. The van der Waals surface area contributed by atoms with Crippen LogP contribution in [0.25, 0.3) is 0 Å². The third-order valence-electron chi connectivity index (χ3n) is 2.48. The minimum atomic E-state index is 0.537. The molecule has 1 aromatic carbocycles. The van der Waals surface area contributed by atoms with E-state index in [-0.39, 0.29) is 0 Å². The molecule has 1 atom stereocenters. The zero-order chi connectivity index (χ0) is 10.4. The first-order chi connectivity index (χ1) is 6.76. The molecule has 0 fully saturated rings. The lowest BCUT2D eigenvalue weighted by molar-refractivity contribution is 0.544. The summed E-state index contributed by atoms with van der Waals surface area (Å²) in [5.41, 5.74) is 8.36. The molecule has 0 aromatic heterocycles. The molecule has 0 aliphatic heterocycles. The van der Waals surface area contributed by atoms with Crippen LogP contribution in [-0.2, 0) is 6.42 Å². The number of aryl methyl sites for hydroxylation is 1. The first-order valence-electron chi connectivity index (χ1n) is 5.12. The molecular weight excluding hydrogens is 170 g/mol. The highest BCUT2D eigenvalue weighted by Gasteiger charge is 2.05. The lowest BCUT2D eigenvalue weighted by atomic mass is 9.96. The van der Waals surface area contributed by atoms with E-state index in [1.807, 2.05) is 6.08 Å². The van der Waals surface area contributed by atoms with Gasteiger partial charge in [0.25, 0.3) is 0 Å². The van der Waals surface area contributed by atoms with Gasteiger partial charge in [0.2, 0.25) is 0 Å². The van der Waals surface area contributed by atoms with E-state index >= 15 is 0 Å². The second kappa shape index (κ2) is 5.61. The molecular formula is C13H19N. The van der Waals surface area contributed by atoms with Gasteiger partial charge in [0, 0.05) is 0 Å². The average molecular weight is 189 g/mol. The summed E-state index contributed by atoms with van der Waals surface area (Å²) in [6.45, 7) is 6.59. The quantitative estimate of drug-likeness (QED) is 0.708. The summed E-state index contributed by atoms with van der Waals surface area (Å²) < 4.78 is 0. The van der Waals surface area contributed by atoms with Gasteiger partial charge in [-0.1, -0.05) is 35.9 Å². The Kier molecular flexibility index (Phi) is 4.41. The summed E-state index contributed by atoms with van der Waals surface area (Å²) >= 11 is 0. The van der Waals surface area contributed by atoms with Crippen LogP contribution in [0.4, 0.5) is 0 Å². The second-order valence-corrected chi connectivity index (χ2v) is 3.82. The van der Waals surface area contributed by atoms with E-state index < -0.39 is 0 Å². The summed E-state index contributed by atoms with van der Waals surface area (Å²) in [5.74, 6) is 0.537. The minimum absolute atomic E-state index is 0.537. The summed E-state index contributed by atoms with van der Waals surface area (Å²) in [6, 6.07) is 8.66. The maximum Gasteiger partial charge on any atom is -0.00427 e. The highest BCUT2D eigenvalue weighted by molar-refractivity contribution is 5.21. The molecule has 0 saturated heterocycles. The van der Waals surface area contributed by atoms with Crippen LogP contribution < -0.4 is 5.73 Å². The first-order valence-corrected chi connectivity index (χ1v) is 5.12. The third kappa shape index (κ3) is 3.35. The molecule has 76 valence electrons. The SMILES string of the molecule is C=CC[C@H](CN)Cc1ccc(C)cc1. The Balaban J connectivity index is 2.57. The molecule has 0 saturated carbocycles. The van der Waals surface area contributed by atoms with Gasteiger partial charge in [-0.05, 0) is 37.8 Å². The van der Waals surface area contributed by atoms with E-state index in [0.29, 0.717) is 5.92 Å². The average Bonchev–Trinajstić information content (AvgIpc) is 2.20. The lowest BCUT2D eigenvalue weighted by Gasteiger charge is -2.12. The molecule has 0 heterocycles. The molecule has 1 rings (SSSR count). The van der Waals surface area contributed by atoms with Crippen molar-refractivity contribution < 1.29 is 0 Å². The number of hydrogen-bond donors (Lipinski definition) is 1. The molecule has 0 aliphatic carbocycles. The van der Waals surface area contributed by atoms with Gasteiger partial charge in [0.1, 0.15) is 0 Å². The Morgan fingerprint density at radius 3 is 2.50 bits per heavy atom. The second-order valence-electron chi connectivity index (χ2n) is 3.82. The van der Waals surface area contributed by atoms with Crippen LogP contribution in [0.1, 0.15) is 17.5 Å². The summed E-state index contributed by atoms with van der Waals surface area (Å²) in [6.07, 6.45) is 4.01.